The van der Waals surface area contributed by atoms with E-state index in [1.807, 2.05) is 13.0 Å². The highest BCUT2D eigenvalue weighted by Gasteiger charge is 2.55. The maximum Gasteiger partial charge on any atom is 0.325 e. The molecule has 0 radical (unpaired) electrons. The molecule has 3 aromatic rings. The number of nitrogens with two attached hydrogens (primary N) is 1. The minimum absolute atomic E-state index is 0.243. The Morgan fingerprint density at radius 2 is 2.03 bits per heavy atom. The molecule has 1 saturated heterocycles. The van der Waals surface area contributed by atoms with Crippen molar-refractivity contribution in [3.63, 3.8) is 0 Å². The molecule has 1 aliphatic heterocycles. The van der Waals surface area contributed by atoms with Crippen LogP contribution in [0.15, 0.2) is 55.1 Å². The lowest BCUT2D eigenvalue weighted by molar-refractivity contribution is -0.156. The molecule has 0 unspecified atom stereocenters. The molecule has 2 aromatic heterocycles. The molecule has 0 saturated carbocycles. The number of hydrogen-bond donors (Lipinski definition) is 2. The molecule has 36 heavy (non-hydrogen) atoms. The lowest BCUT2D eigenvalue weighted by Crippen LogP contribution is -2.70. The van der Waals surface area contributed by atoms with Gasteiger partial charge in [0.2, 0.25) is 5.91 Å². The van der Waals surface area contributed by atoms with Gasteiger partial charge < -0.3 is 15.6 Å². The Bertz CT molecular complexity index is 1290. The summed E-state index contributed by atoms with van der Waals surface area (Å²) in [4.78, 5) is 50.7. The molecule has 0 spiro atoms. The molecule has 3 heterocycles. The van der Waals surface area contributed by atoms with Gasteiger partial charge in [-0.1, -0.05) is 30.7 Å². The van der Waals surface area contributed by atoms with Gasteiger partial charge in [-0.05, 0) is 48.2 Å². The Balaban J connectivity index is 1.60. The van der Waals surface area contributed by atoms with E-state index in [1.54, 1.807) is 67.7 Å². The van der Waals surface area contributed by atoms with E-state index in [4.69, 9.17) is 17.3 Å². The molecule has 3 N–H and O–H groups in total. The van der Waals surface area contributed by atoms with E-state index in [9.17, 15) is 14.4 Å². The van der Waals surface area contributed by atoms with E-state index in [0.717, 1.165) is 16.0 Å². The van der Waals surface area contributed by atoms with E-state index in [1.165, 1.54) is 4.90 Å². The molecule has 3 atom stereocenters. The predicted molar refractivity (Wildman–Crippen MR) is 136 cm³/mol. The minimum atomic E-state index is -1.00. The van der Waals surface area contributed by atoms with Crippen molar-refractivity contribution in [3.05, 3.63) is 71.3 Å². The number of likely N-dealkylation sites (tertiary alicyclic amines) is 1. The van der Waals surface area contributed by atoms with E-state index in [0.29, 0.717) is 23.1 Å². The molecule has 4 rings (SSSR count). The quantitative estimate of drug-likeness (QED) is 0.471. The fourth-order valence-corrected chi connectivity index (χ4v) is 4.58. The zero-order valence-corrected chi connectivity index (χ0v) is 21.0. The number of pyridine rings is 1. The monoisotopic (exact) mass is 509 g/mol. The molecule has 10 nitrogen and oxygen atoms in total. The van der Waals surface area contributed by atoms with Gasteiger partial charge in [0, 0.05) is 31.5 Å². The van der Waals surface area contributed by atoms with Gasteiger partial charge in [0.05, 0.1) is 18.3 Å². The Labute approximate surface area is 214 Å². The molecule has 0 bridgehead atoms. The maximum absolute atomic E-state index is 13.6. The van der Waals surface area contributed by atoms with Gasteiger partial charge in [0.25, 0.3) is 5.91 Å². The topological polar surface area (TPSA) is 126 Å². The second kappa shape index (κ2) is 10.4. The fourth-order valence-electron chi connectivity index (χ4n) is 4.38. The van der Waals surface area contributed by atoms with E-state index < -0.39 is 29.8 Å². The van der Waals surface area contributed by atoms with Crippen LogP contribution in [0.3, 0.4) is 0 Å². The summed E-state index contributed by atoms with van der Waals surface area (Å²) in [5.41, 5.74) is 7.36. The van der Waals surface area contributed by atoms with Gasteiger partial charge in [0.15, 0.2) is 5.82 Å². The number of β-lactam (4-membered cyclic amide) rings is 1. The zero-order valence-electron chi connectivity index (χ0n) is 20.3. The summed E-state index contributed by atoms with van der Waals surface area (Å²) >= 11 is 6.12. The van der Waals surface area contributed by atoms with Crippen molar-refractivity contribution < 1.29 is 14.4 Å². The first kappa shape index (κ1) is 25.2. The molecule has 11 heteroatoms. The van der Waals surface area contributed by atoms with E-state index >= 15 is 0 Å². The number of carbonyl (C=O) groups is 3. The number of nitrogens with one attached hydrogen (secondary N) is 1. The standard InChI is InChI=1S/C25H28ClN7O3/c1-4-19(16-6-5-7-17(26)12-16)30-25(36)33-22(24(35)32(3)21-13-31(2)14-29-21)18(23(33)34)10-15-8-9-28-20(27)11-15/h5-9,11-14,18-19,22H,4,10H2,1-3H3,(H2,27,28)(H,30,36)/t18-,19-,22+/m1/s1. The Morgan fingerprint density at radius 1 is 1.25 bits per heavy atom. The van der Waals surface area contributed by atoms with Crippen LogP contribution in [-0.2, 0) is 23.1 Å². The molecular formula is C25H28ClN7O3. The number of benzene rings is 1. The van der Waals surface area contributed by atoms with Crippen LogP contribution in [0, 0.1) is 5.92 Å². The molecule has 1 fully saturated rings. The number of aromatic nitrogens is 3. The number of aryl methyl sites for hydroxylation is 1. The number of rotatable bonds is 7. The van der Waals surface area contributed by atoms with Gasteiger partial charge in [-0.25, -0.2) is 14.8 Å². The molecule has 4 amide bonds. The van der Waals surface area contributed by atoms with Gasteiger partial charge >= 0.3 is 6.03 Å². The van der Waals surface area contributed by atoms with E-state index in [-0.39, 0.29) is 12.5 Å². The fraction of sp³-hybridized carbons (Fsp3) is 0.320. The Morgan fingerprint density at radius 3 is 2.67 bits per heavy atom. The van der Waals surface area contributed by atoms with Gasteiger partial charge in [-0.3, -0.25) is 19.4 Å². The maximum atomic E-state index is 13.6. The predicted octanol–water partition coefficient (Wildman–Crippen LogP) is 2.94. The average molecular weight is 510 g/mol. The number of likely N-dealkylation sites (N-methyl/N-ethyl adjacent to an activating group) is 1. The van der Waals surface area contributed by atoms with Crippen LogP contribution in [-0.4, -0.2) is 50.4 Å². The lowest BCUT2D eigenvalue weighted by Gasteiger charge is -2.45. The second-order valence-corrected chi connectivity index (χ2v) is 9.25. The summed E-state index contributed by atoms with van der Waals surface area (Å²) in [6, 6.07) is 8.54. The normalized spacial score (nSPS) is 17.9. The number of imidazole rings is 1. The third kappa shape index (κ3) is 5.03. The SMILES string of the molecule is CC[C@@H](NC(=O)N1C(=O)[C@H](Cc2ccnc(N)c2)[C@H]1C(=O)N(C)c1cn(C)cn1)c1cccc(Cl)c1. The first-order valence-electron chi connectivity index (χ1n) is 11.5. The smallest absolute Gasteiger partial charge is 0.325 e. The van der Waals surface area contributed by atoms with Gasteiger partial charge in [-0.2, -0.15) is 0 Å². The summed E-state index contributed by atoms with van der Waals surface area (Å²) in [6.07, 6.45) is 5.62. The molecule has 0 aliphatic carbocycles. The van der Waals surface area contributed by atoms with Crippen molar-refractivity contribution in [2.75, 3.05) is 17.7 Å². The van der Waals surface area contributed by atoms with Crippen molar-refractivity contribution in [3.8, 4) is 0 Å². The lowest BCUT2D eigenvalue weighted by atomic mass is 9.81. The van der Waals surface area contributed by atoms with Crippen LogP contribution >= 0.6 is 11.6 Å². The van der Waals surface area contributed by atoms with Crippen LogP contribution in [0.2, 0.25) is 5.02 Å². The number of imide groups is 1. The van der Waals surface area contributed by atoms with Crippen molar-refractivity contribution in [2.24, 2.45) is 13.0 Å². The number of anilines is 2. The number of urea groups is 1. The van der Waals surface area contributed by atoms with Crippen LogP contribution < -0.4 is 16.0 Å². The first-order valence-corrected chi connectivity index (χ1v) is 11.9. The minimum Gasteiger partial charge on any atom is -0.384 e. The van der Waals surface area contributed by atoms with Crippen LogP contribution in [0.5, 0.6) is 0 Å². The third-order valence-corrected chi connectivity index (χ3v) is 6.54. The van der Waals surface area contributed by atoms with Gasteiger partial charge in [-0.15, -0.1) is 0 Å². The average Bonchev–Trinajstić information content (AvgIpc) is 3.29. The number of nitrogen functional groups attached to an aromatic ring is 1. The number of halogens is 1. The molecular weight excluding hydrogens is 482 g/mol. The highest BCUT2D eigenvalue weighted by Crippen LogP contribution is 2.33. The summed E-state index contributed by atoms with van der Waals surface area (Å²) < 4.78 is 1.71. The number of hydrogen-bond acceptors (Lipinski definition) is 6. The second-order valence-electron chi connectivity index (χ2n) is 8.81. The Hall–Kier alpha value is -3.92. The number of amides is 4. The van der Waals surface area contributed by atoms with Crippen molar-refractivity contribution in [1.29, 1.82) is 0 Å². The Kier molecular flexibility index (Phi) is 7.25. The third-order valence-electron chi connectivity index (χ3n) is 6.31. The van der Waals surface area contributed by atoms with Crippen LogP contribution in [0.1, 0.15) is 30.5 Å². The molecule has 188 valence electrons. The summed E-state index contributed by atoms with van der Waals surface area (Å²) in [5, 5.41) is 3.43. The summed E-state index contributed by atoms with van der Waals surface area (Å²) in [7, 11) is 3.37. The summed E-state index contributed by atoms with van der Waals surface area (Å²) in [5.74, 6) is -0.848. The summed E-state index contributed by atoms with van der Waals surface area (Å²) in [6.45, 7) is 1.91. The number of carbonyl (C=O) groups excluding carboxylic acids is 3. The molecule has 1 aliphatic rings. The largest absolute Gasteiger partial charge is 0.384 e. The highest BCUT2D eigenvalue weighted by atomic mass is 35.5. The molecule has 1 aromatic carbocycles. The first-order chi connectivity index (χ1) is 17.2. The van der Waals surface area contributed by atoms with Crippen LogP contribution in [0.25, 0.3) is 0 Å². The number of nitrogens with zero attached hydrogens (tertiary/aromatic N) is 5. The zero-order chi connectivity index (χ0) is 26.0. The van der Waals surface area contributed by atoms with E-state index in [2.05, 4.69) is 15.3 Å². The van der Waals surface area contributed by atoms with Crippen molar-refractivity contribution in [1.82, 2.24) is 24.8 Å². The highest BCUT2D eigenvalue weighted by molar-refractivity contribution is 6.30. The van der Waals surface area contributed by atoms with Crippen molar-refractivity contribution >= 4 is 41.1 Å². The van der Waals surface area contributed by atoms with Crippen LogP contribution in [0.4, 0.5) is 16.4 Å². The van der Waals surface area contributed by atoms with Crippen molar-refractivity contribution in [2.45, 2.75) is 31.8 Å². The van der Waals surface area contributed by atoms with Gasteiger partial charge in [0.1, 0.15) is 11.9 Å².